The number of ether oxygens (including phenoxy) is 1. The molecule has 0 amide bonds. The Kier molecular flexibility index (Phi) is 7.60. The molecular formula is C29H32N4O2. The molecule has 180 valence electrons. The number of nitrogens with zero attached hydrogens (tertiary/aromatic N) is 3. The quantitative estimate of drug-likeness (QED) is 0.194. The molecule has 0 radical (unpaired) electrons. The first kappa shape index (κ1) is 24.2. The minimum absolute atomic E-state index is 0.235. The number of hydrogen-bond acceptors (Lipinski definition) is 5. The van der Waals surface area contributed by atoms with Gasteiger partial charge in [0.2, 0.25) is 5.88 Å². The number of aryl methyl sites for hydroxylation is 1. The van der Waals surface area contributed by atoms with Crippen LogP contribution >= 0.6 is 0 Å². The first-order chi connectivity index (χ1) is 17.0. The zero-order chi connectivity index (χ0) is 24.7. The van der Waals surface area contributed by atoms with Gasteiger partial charge in [-0.15, -0.1) is 0 Å². The van der Waals surface area contributed by atoms with Gasteiger partial charge in [0.25, 0.3) is 0 Å². The van der Waals surface area contributed by atoms with Gasteiger partial charge < -0.3 is 14.8 Å². The van der Waals surface area contributed by atoms with Crippen LogP contribution in [0.25, 0.3) is 16.8 Å². The van der Waals surface area contributed by atoms with Crippen molar-refractivity contribution in [2.24, 2.45) is 10.4 Å². The predicted molar refractivity (Wildman–Crippen MR) is 142 cm³/mol. The number of aromatic amines is 1. The molecule has 1 fully saturated rings. The second-order valence-corrected chi connectivity index (χ2v) is 8.81. The van der Waals surface area contributed by atoms with Crippen molar-refractivity contribution in [3.63, 3.8) is 0 Å². The summed E-state index contributed by atoms with van der Waals surface area (Å²) in [6, 6.07) is 12.0. The van der Waals surface area contributed by atoms with E-state index in [0.29, 0.717) is 24.1 Å². The van der Waals surface area contributed by atoms with Gasteiger partial charge in [-0.3, -0.25) is 4.99 Å². The number of imidazole rings is 1. The first-order valence-electron chi connectivity index (χ1n) is 12.0. The molecule has 2 aromatic heterocycles. The Labute approximate surface area is 206 Å². The summed E-state index contributed by atoms with van der Waals surface area (Å²) < 4.78 is 5.96. The van der Waals surface area contributed by atoms with Gasteiger partial charge in [-0.2, -0.15) is 0 Å². The molecule has 2 heterocycles. The van der Waals surface area contributed by atoms with E-state index in [1.807, 2.05) is 94.0 Å². The lowest BCUT2D eigenvalue weighted by atomic mass is 10.0. The maximum Gasteiger partial charge on any atom is 0.213 e. The number of hydrogen-bond donors (Lipinski definition) is 2. The Morgan fingerprint density at radius 3 is 2.69 bits per heavy atom. The third kappa shape index (κ3) is 5.96. The fraction of sp³-hybridized carbons (Fsp3) is 0.276. The van der Waals surface area contributed by atoms with Gasteiger partial charge in [-0.1, -0.05) is 49.4 Å². The van der Waals surface area contributed by atoms with Crippen LogP contribution in [0.2, 0.25) is 0 Å². The molecule has 6 heteroatoms. The smallest absolute Gasteiger partial charge is 0.213 e. The van der Waals surface area contributed by atoms with Gasteiger partial charge >= 0.3 is 0 Å². The maximum absolute atomic E-state index is 10.3. The van der Waals surface area contributed by atoms with Crippen LogP contribution in [-0.4, -0.2) is 32.9 Å². The van der Waals surface area contributed by atoms with E-state index in [9.17, 15) is 5.11 Å². The summed E-state index contributed by atoms with van der Waals surface area (Å²) >= 11 is 0. The van der Waals surface area contributed by atoms with Gasteiger partial charge in [-0.05, 0) is 50.3 Å². The molecule has 4 rings (SSSR count). The molecule has 1 aromatic carbocycles. The topological polar surface area (TPSA) is 83.4 Å². The molecule has 0 saturated heterocycles. The Morgan fingerprint density at radius 1 is 1.20 bits per heavy atom. The van der Waals surface area contributed by atoms with Crippen LogP contribution in [0.1, 0.15) is 50.1 Å². The SMILES string of the molecule is C/C=C\C(=C/N=Cc1ncc(-c2ccccc2)[nH]1)c1cnc(OCC2(/C(O)=C/CC)CC2)cc1C. The number of aliphatic hydroxyl groups is 1. The zero-order valence-electron chi connectivity index (χ0n) is 20.5. The highest BCUT2D eigenvalue weighted by atomic mass is 16.5. The highest BCUT2D eigenvalue weighted by Gasteiger charge is 2.47. The van der Waals surface area contributed by atoms with Crippen LogP contribution in [0.4, 0.5) is 0 Å². The van der Waals surface area contributed by atoms with E-state index in [2.05, 4.69) is 19.9 Å². The minimum Gasteiger partial charge on any atom is -0.512 e. The molecule has 2 N–H and O–H groups in total. The summed E-state index contributed by atoms with van der Waals surface area (Å²) in [6.07, 6.45) is 15.7. The lowest BCUT2D eigenvalue weighted by Gasteiger charge is -2.16. The second kappa shape index (κ2) is 11.0. The lowest BCUT2D eigenvalue weighted by molar-refractivity contribution is 0.200. The molecule has 1 saturated carbocycles. The van der Waals surface area contributed by atoms with Gasteiger partial charge in [0, 0.05) is 29.6 Å². The number of rotatable bonds is 10. The fourth-order valence-electron chi connectivity index (χ4n) is 3.90. The molecule has 1 aliphatic carbocycles. The highest BCUT2D eigenvalue weighted by molar-refractivity contribution is 5.80. The number of pyridine rings is 1. The van der Waals surface area contributed by atoms with Gasteiger partial charge in [-0.25, -0.2) is 9.97 Å². The van der Waals surface area contributed by atoms with Crippen molar-refractivity contribution in [3.8, 4) is 17.1 Å². The number of aliphatic hydroxyl groups excluding tert-OH is 1. The maximum atomic E-state index is 10.3. The molecule has 3 aromatic rings. The number of aliphatic imine (C=N–C) groups is 1. The van der Waals surface area contributed by atoms with E-state index in [1.54, 1.807) is 6.21 Å². The third-order valence-corrected chi connectivity index (χ3v) is 6.12. The molecule has 35 heavy (non-hydrogen) atoms. The molecular weight excluding hydrogens is 436 g/mol. The zero-order valence-corrected chi connectivity index (χ0v) is 20.5. The monoisotopic (exact) mass is 468 g/mol. The van der Waals surface area contributed by atoms with Gasteiger partial charge in [0.1, 0.15) is 12.4 Å². The Bertz CT molecular complexity index is 1260. The van der Waals surface area contributed by atoms with Gasteiger partial charge in [0.15, 0.2) is 0 Å². The number of allylic oxidation sites excluding steroid dienone is 4. The molecule has 0 spiro atoms. The third-order valence-electron chi connectivity index (χ3n) is 6.12. The summed E-state index contributed by atoms with van der Waals surface area (Å²) in [6.45, 7) is 6.47. The number of aromatic nitrogens is 3. The van der Waals surface area contributed by atoms with E-state index in [-0.39, 0.29) is 5.41 Å². The van der Waals surface area contributed by atoms with E-state index in [4.69, 9.17) is 4.74 Å². The number of nitrogens with one attached hydrogen (secondary N) is 1. The van der Waals surface area contributed by atoms with Crippen molar-refractivity contribution >= 4 is 11.8 Å². The van der Waals surface area contributed by atoms with E-state index >= 15 is 0 Å². The van der Waals surface area contributed by atoms with Crippen molar-refractivity contribution in [1.82, 2.24) is 15.0 Å². The average Bonchev–Trinajstić information content (AvgIpc) is 3.52. The first-order valence-corrected chi connectivity index (χ1v) is 12.0. The van der Waals surface area contributed by atoms with E-state index in [0.717, 1.165) is 47.2 Å². The van der Waals surface area contributed by atoms with E-state index < -0.39 is 0 Å². The van der Waals surface area contributed by atoms with Crippen LogP contribution < -0.4 is 4.74 Å². The van der Waals surface area contributed by atoms with Gasteiger partial charge in [0.05, 0.1) is 29.3 Å². The summed E-state index contributed by atoms with van der Waals surface area (Å²) in [5.41, 5.74) is 4.76. The normalized spacial score (nSPS) is 15.7. The van der Waals surface area contributed by atoms with Crippen LogP contribution in [0.3, 0.4) is 0 Å². The fourth-order valence-corrected chi connectivity index (χ4v) is 3.90. The Balaban J connectivity index is 1.46. The Hall–Kier alpha value is -3.93. The van der Waals surface area contributed by atoms with Crippen LogP contribution in [0.15, 0.2) is 84.0 Å². The highest BCUT2D eigenvalue weighted by Crippen LogP contribution is 2.51. The van der Waals surface area contributed by atoms with Crippen molar-refractivity contribution in [2.75, 3.05) is 6.61 Å². The lowest BCUT2D eigenvalue weighted by Crippen LogP contribution is -2.16. The Morgan fingerprint density at radius 2 is 2.00 bits per heavy atom. The summed E-state index contributed by atoms with van der Waals surface area (Å²) in [4.78, 5) is 16.7. The predicted octanol–water partition coefficient (Wildman–Crippen LogP) is 6.83. The minimum atomic E-state index is -0.235. The molecule has 0 unspecified atom stereocenters. The van der Waals surface area contributed by atoms with Crippen molar-refractivity contribution in [3.05, 3.63) is 95.9 Å². The summed E-state index contributed by atoms with van der Waals surface area (Å²) in [5, 5.41) is 10.3. The molecule has 1 aliphatic rings. The van der Waals surface area contributed by atoms with Crippen molar-refractivity contribution < 1.29 is 9.84 Å². The number of H-pyrrole nitrogens is 1. The standard InChI is InChI=1S/C29H32N4O2/c1-4-9-23(16-30-19-27-31-18-25(33-27)22-11-7-6-8-12-22)24-17-32-28(15-21(24)3)35-20-29(13-14-29)26(34)10-5-2/h4,6-12,15-19,34H,5,13-14,20H2,1-3H3,(H,31,33)/b9-4-,23-16+,26-10-,30-19?. The van der Waals surface area contributed by atoms with E-state index in [1.165, 1.54) is 0 Å². The largest absolute Gasteiger partial charge is 0.512 e. The molecule has 0 bridgehead atoms. The van der Waals surface area contributed by atoms with Crippen molar-refractivity contribution in [1.29, 1.82) is 0 Å². The van der Waals surface area contributed by atoms with Crippen LogP contribution in [0.5, 0.6) is 5.88 Å². The van der Waals surface area contributed by atoms with Crippen LogP contribution in [0, 0.1) is 12.3 Å². The van der Waals surface area contributed by atoms with Crippen molar-refractivity contribution in [2.45, 2.75) is 40.0 Å². The molecule has 6 nitrogen and oxygen atoms in total. The average molecular weight is 469 g/mol. The summed E-state index contributed by atoms with van der Waals surface area (Å²) in [7, 11) is 0. The summed E-state index contributed by atoms with van der Waals surface area (Å²) in [5.74, 6) is 1.69. The molecule has 0 aliphatic heterocycles. The molecule has 0 atom stereocenters. The van der Waals surface area contributed by atoms with Crippen LogP contribution in [-0.2, 0) is 0 Å². The second-order valence-electron chi connectivity index (χ2n) is 8.81. The number of benzene rings is 1.